The SMILES string of the molecule is O=C1c2cncc(Br)c2CC2CN(Cc3ccccc3)CC12. The molecule has 22 heavy (non-hydrogen) atoms. The Kier molecular flexibility index (Phi) is 3.59. The topological polar surface area (TPSA) is 33.2 Å². The monoisotopic (exact) mass is 356 g/mol. The van der Waals surface area contributed by atoms with Crippen molar-refractivity contribution in [1.29, 1.82) is 0 Å². The maximum atomic E-state index is 12.8. The number of fused-ring (bicyclic) bond motifs is 2. The molecule has 1 aliphatic carbocycles. The van der Waals surface area contributed by atoms with Gasteiger partial charge in [-0.3, -0.25) is 14.7 Å². The van der Waals surface area contributed by atoms with Gasteiger partial charge in [-0.25, -0.2) is 0 Å². The van der Waals surface area contributed by atoms with Crippen LogP contribution < -0.4 is 0 Å². The number of nitrogens with zero attached hydrogens (tertiary/aromatic N) is 2. The van der Waals surface area contributed by atoms with Gasteiger partial charge in [0.2, 0.25) is 0 Å². The van der Waals surface area contributed by atoms with Gasteiger partial charge in [0, 0.05) is 48.0 Å². The number of hydrogen-bond donors (Lipinski definition) is 0. The van der Waals surface area contributed by atoms with Crippen molar-refractivity contribution < 1.29 is 4.79 Å². The lowest BCUT2D eigenvalue weighted by atomic mass is 9.77. The Hall–Kier alpha value is -1.52. The molecule has 1 aromatic heterocycles. The molecule has 0 spiro atoms. The third-order valence-corrected chi connectivity index (χ3v) is 5.52. The Labute approximate surface area is 138 Å². The molecule has 1 aromatic carbocycles. The molecular weight excluding hydrogens is 340 g/mol. The number of carbonyl (C=O) groups is 1. The van der Waals surface area contributed by atoms with Crippen LogP contribution in [-0.2, 0) is 13.0 Å². The van der Waals surface area contributed by atoms with Gasteiger partial charge >= 0.3 is 0 Å². The average molecular weight is 357 g/mol. The van der Waals surface area contributed by atoms with E-state index in [9.17, 15) is 4.79 Å². The quantitative estimate of drug-likeness (QED) is 0.827. The summed E-state index contributed by atoms with van der Waals surface area (Å²) in [6.45, 7) is 2.79. The molecule has 4 rings (SSSR count). The maximum Gasteiger partial charge on any atom is 0.169 e. The zero-order chi connectivity index (χ0) is 15.1. The predicted molar refractivity (Wildman–Crippen MR) is 88.7 cm³/mol. The molecule has 112 valence electrons. The van der Waals surface area contributed by atoms with Crippen molar-refractivity contribution in [1.82, 2.24) is 9.88 Å². The van der Waals surface area contributed by atoms with E-state index in [1.165, 1.54) is 5.56 Å². The maximum absolute atomic E-state index is 12.8. The van der Waals surface area contributed by atoms with Crippen molar-refractivity contribution in [2.24, 2.45) is 11.8 Å². The summed E-state index contributed by atoms with van der Waals surface area (Å²) in [7, 11) is 0. The van der Waals surface area contributed by atoms with Gasteiger partial charge in [-0.2, -0.15) is 0 Å². The van der Waals surface area contributed by atoms with E-state index in [2.05, 4.69) is 50.1 Å². The van der Waals surface area contributed by atoms with Crippen LogP contribution in [-0.4, -0.2) is 28.8 Å². The van der Waals surface area contributed by atoms with Crippen molar-refractivity contribution >= 4 is 21.7 Å². The Morgan fingerprint density at radius 1 is 1.18 bits per heavy atom. The molecule has 0 saturated carbocycles. The molecule has 0 bridgehead atoms. The molecule has 0 radical (unpaired) electrons. The lowest BCUT2D eigenvalue weighted by molar-refractivity contribution is 0.0883. The van der Waals surface area contributed by atoms with Gasteiger partial charge in [0.15, 0.2) is 5.78 Å². The zero-order valence-electron chi connectivity index (χ0n) is 12.2. The zero-order valence-corrected chi connectivity index (χ0v) is 13.8. The predicted octanol–water partition coefficient (Wildman–Crippen LogP) is 3.33. The highest BCUT2D eigenvalue weighted by Gasteiger charge is 2.42. The highest BCUT2D eigenvalue weighted by Crippen LogP contribution is 2.38. The second kappa shape index (κ2) is 5.60. The van der Waals surface area contributed by atoms with Crippen LogP contribution in [0.1, 0.15) is 21.5 Å². The van der Waals surface area contributed by atoms with E-state index in [0.29, 0.717) is 5.92 Å². The average Bonchev–Trinajstić information content (AvgIpc) is 2.93. The molecule has 1 fully saturated rings. The molecule has 2 aliphatic rings. The molecule has 2 heterocycles. The summed E-state index contributed by atoms with van der Waals surface area (Å²) >= 11 is 3.55. The van der Waals surface area contributed by atoms with E-state index in [1.54, 1.807) is 12.4 Å². The minimum atomic E-state index is 0.132. The highest BCUT2D eigenvalue weighted by molar-refractivity contribution is 9.10. The molecule has 3 nitrogen and oxygen atoms in total. The van der Waals surface area contributed by atoms with Gasteiger partial charge in [0.25, 0.3) is 0 Å². The van der Waals surface area contributed by atoms with Crippen LogP contribution in [0.2, 0.25) is 0 Å². The fourth-order valence-corrected chi connectivity index (χ4v) is 4.27. The molecule has 2 atom stereocenters. The van der Waals surface area contributed by atoms with Gasteiger partial charge in [-0.15, -0.1) is 0 Å². The second-order valence-corrected chi connectivity index (χ2v) is 7.12. The van der Waals surface area contributed by atoms with Crippen molar-refractivity contribution in [2.45, 2.75) is 13.0 Å². The number of likely N-dealkylation sites (tertiary alicyclic amines) is 1. The number of aromatic nitrogens is 1. The Morgan fingerprint density at radius 3 is 2.82 bits per heavy atom. The van der Waals surface area contributed by atoms with Crippen LogP contribution in [0.4, 0.5) is 0 Å². The van der Waals surface area contributed by atoms with E-state index in [-0.39, 0.29) is 11.7 Å². The van der Waals surface area contributed by atoms with Crippen LogP contribution >= 0.6 is 15.9 Å². The molecule has 2 aromatic rings. The third-order valence-electron chi connectivity index (χ3n) is 4.84. The van der Waals surface area contributed by atoms with Crippen LogP contribution in [0, 0.1) is 11.8 Å². The second-order valence-electron chi connectivity index (χ2n) is 6.26. The first kappa shape index (κ1) is 14.1. The minimum absolute atomic E-state index is 0.132. The van der Waals surface area contributed by atoms with E-state index >= 15 is 0 Å². The van der Waals surface area contributed by atoms with Crippen molar-refractivity contribution in [2.75, 3.05) is 13.1 Å². The van der Waals surface area contributed by atoms with E-state index < -0.39 is 0 Å². The van der Waals surface area contributed by atoms with Crippen LogP contribution in [0.3, 0.4) is 0 Å². The number of pyridine rings is 1. The number of rotatable bonds is 2. The number of halogens is 1. The van der Waals surface area contributed by atoms with Gasteiger partial charge in [-0.05, 0) is 39.4 Å². The largest absolute Gasteiger partial charge is 0.298 e. The summed E-state index contributed by atoms with van der Waals surface area (Å²) in [4.78, 5) is 19.3. The van der Waals surface area contributed by atoms with Gasteiger partial charge in [0.05, 0.1) is 0 Å². The summed E-state index contributed by atoms with van der Waals surface area (Å²) in [5, 5.41) is 0. The number of Topliss-reactive ketones (excluding diaryl/α,β-unsaturated/α-hetero) is 1. The molecule has 1 aliphatic heterocycles. The first-order valence-electron chi connectivity index (χ1n) is 7.65. The number of ketones is 1. The van der Waals surface area contributed by atoms with E-state index in [0.717, 1.165) is 41.7 Å². The van der Waals surface area contributed by atoms with Gasteiger partial charge in [0.1, 0.15) is 0 Å². The summed E-state index contributed by atoms with van der Waals surface area (Å²) in [6.07, 6.45) is 4.50. The standard InChI is InChI=1S/C18H17BrN2O/c19-17-8-20-7-15-14(17)6-13-10-21(11-16(13)18(15)22)9-12-4-2-1-3-5-12/h1-5,7-8,13,16H,6,9-11H2. The van der Waals surface area contributed by atoms with Gasteiger partial charge in [-0.1, -0.05) is 30.3 Å². The van der Waals surface area contributed by atoms with Crippen LogP contribution in [0.15, 0.2) is 47.2 Å². The molecule has 0 amide bonds. The molecule has 2 unspecified atom stereocenters. The number of carbonyl (C=O) groups excluding carboxylic acids is 1. The number of hydrogen-bond acceptors (Lipinski definition) is 3. The Balaban J connectivity index is 1.56. The molecular formula is C18H17BrN2O. The van der Waals surface area contributed by atoms with E-state index in [4.69, 9.17) is 0 Å². The highest BCUT2D eigenvalue weighted by atomic mass is 79.9. The summed E-state index contributed by atoms with van der Waals surface area (Å²) < 4.78 is 0.971. The summed E-state index contributed by atoms with van der Waals surface area (Å²) in [5.41, 5.74) is 3.27. The number of benzene rings is 1. The third kappa shape index (κ3) is 2.40. The van der Waals surface area contributed by atoms with Crippen LogP contribution in [0.25, 0.3) is 0 Å². The Morgan fingerprint density at radius 2 is 2.00 bits per heavy atom. The molecule has 1 saturated heterocycles. The normalized spacial score (nSPS) is 24.1. The Bertz CT molecular complexity index is 716. The van der Waals surface area contributed by atoms with Crippen molar-refractivity contribution in [3.8, 4) is 0 Å². The van der Waals surface area contributed by atoms with E-state index in [1.807, 2.05) is 6.07 Å². The lowest BCUT2D eigenvalue weighted by Gasteiger charge is -2.25. The fourth-order valence-electron chi connectivity index (χ4n) is 3.78. The first-order chi connectivity index (χ1) is 10.7. The molecule has 0 N–H and O–H groups in total. The lowest BCUT2D eigenvalue weighted by Crippen LogP contribution is -2.30. The fraction of sp³-hybridized carbons (Fsp3) is 0.333. The van der Waals surface area contributed by atoms with Crippen molar-refractivity contribution in [3.05, 3.63) is 63.9 Å². The minimum Gasteiger partial charge on any atom is -0.298 e. The summed E-state index contributed by atoms with van der Waals surface area (Å²) in [5.74, 6) is 0.838. The van der Waals surface area contributed by atoms with Crippen LogP contribution in [0.5, 0.6) is 0 Å². The van der Waals surface area contributed by atoms with Gasteiger partial charge < -0.3 is 0 Å². The molecule has 4 heteroatoms. The smallest absolute Gasteiger partial charge is 0.169 e. The van der Waals surface area contributed by atoms with Crippen molar-refractivity contribution in [3.63, 3.8) is 0 Å². The summed E-state index contributed by atoms with van der Waals surface area (Å²) in [6, 6.07) is 10.5. The first-order valence-corrected chi connectivity index (χ1v) is 8.44.